The van der Waals surface area contributed by atoms with Gasteiger partial charge in [-0.1, -0.05) is 18.9 Å². The molecule has 0 aliphatic heterocycles. The quantitative estimate of drug-likeness (QED) is 0.165. The van der Waals surface area contributed by atoms with Crippen LogP contribution in [-0.2, 0) is 9.59 Å². The molecule has 0 bridgehead atoms. The molecule has 1 aliphatic carbocycles. The van der Waals surface area contributed by atoms with Gasteiger partial charge in [0.1, 0.15) is 5.78 Å². The van der Waals surface area contributed by atoms with Crippen molar-refractivity contribution in [3.63, 3.8) is 0 Å². The first-order chi connectivity index (χ1) is 8.67. The average Bonchev–Trinajstić information content (AvgIpc) is 2.85. The summed E-state index contributed by atoms with van der Waals surface area (Å²) in [6.45, 7) is 3.64. The van der Waals surface area contributed by atoms with Crippen LogP contribution in [-0.4, -0.2) is 22.6 Å². The van der Waals surface area contributed by atoms with E-state index in [0.717, 1.165) is 38.3 Å². The van der Waals surface area contributed by atoms with Crippen LogP contribution in [0.5, 0.6) is 0 Å². The molecule has 1 rings (SSSR count). The van der Waals surface area contributed by atoms with E-state index < -0.39 is 5.41 Å². The second-order valence-electron chi connectivity index (χ2n) is 4.86. The summed E-state index contributed by atoms with van der Waals surface area (Å²) in [4.78, 5) is 27.0. The maximum absolute atomic E-state index is 12.3. The highest BCUT2D eigenvalue weighted by Gasteiger charge is 2.47. The lowest BCUT2D eigenvalue weighted by Gasteiger charge is -2.22. The lowest BCUT2D eigenvalue weighted by atomic mass is 9.76. The van der Waals surface area contributed by atoms with Crippen molar-refractivity contribution >= 4 is 17.8 Å². The third kappa shape index (κ3) is 3.23. The number of hydrogen-bond donors (Lipinski definition) is 0. The number of carbonyl (C=O) groups is 2. The molecule has 0 amide bonds. The van der Waals surface area contributed by atoms with Gasteiger partial charge < -0.3 is 5.53 Å². The first-order valence-corrected chi connectivity index (χ1v) is 6.53. The van der Waals surface area contributed by atoms with Crippen LogP contribution in [0.4, 0.5) is 0 Å². The molecule has 1 saturated carbocycles. The minimum atomic E-state index is -0.902. The molecule has 0 saturated heterocycles. The molecular weight excluding hydrogens is 228 g/mol. The van der Waals surface area contributed by atoms with Gasteiger partial charge >= 0.3 is 6.21 Å². The summed E-state index contributed by atoms with van der Waals surface area (Å²) in [6.07, 6.45) is 8.73. The van der Waals surface area contributed by atoms with E-state index in [2.05, 4.69) is 11.4 Å². The molecule has 0 heterocycles. The number of hydrogen-bond acceptors (Lipinski definition) is 2. The number of carbonyl (C=O) groups excluding carboxylic acids is 2. The first-order valence-electron chi connectivity index (χ1n) is 6.53. The number of rotatable bonds is 8. The van der Waals surface area contributed by atoms with Crippen molar-refractivity contribution in [1.29, 1.82) is 0 Å². The van der Waals surface area contributed by atoms with Gasteiger partial charge in [-0.3, -0.25) is 9.59 Å². The Morgan fingerprint density at radius 2 is 1.94 bits per heavy atom. The predicted molar refractivity (Wildman–Crippen MR) is 69.3 cm³/mol. The summed E-state index contributed by atoms with van der Waals surface area (Å²) in [5, 5.41) is 0. The van der Waals surface area contributed by atoms with Gasteiger partial charge in [-0.15, -0.1) is 6.58 Å². The second kappa shape index (κ2) is 7.02. The normalized spacial score (nSPS) is 16.9. The fourth-order valence-electron chi connectivity index (χ4n) is 2.63. The third-order valence-corrected chi connectivity index (χ3v) is 3.70. The molecule has 0 atom stereocenters. The van der Waals surface area contributed by atoms with Gasteiger partial charge in [0.25, 0.3) is 0 Å². The van der Waals surface area contributed by atoms with Crippen molar-refractivity contribution in [2.45, 2.75) is 51.4 Å². The molecule has 0 aromatic rings. The van der Waals surface area contributed by atoms with Crippen LogP contribution >= 0.6 is 0 Å². The van der Waals surface area contributed by atoms with E-state index in [1.165, 1.54) is 0 Å². The van der Waals surface area contributed by atoms with E-state index in [1.807, 2.05) is 6.08 Å². The summed E-state index contributed by atoms with van der Waals surface area (Å²) < 4.78 is 0. The maximum Gasteiger partial charge on any atom is 0.324 e. The van der Waals surface area contributed by atoms with E-state index in [0.29, 0.717) is 19.3 Å². The topological polar surface area (TPSA) is 70.5 Å². The van der Waals surface area contributed by atoms with Gasteiger partial charge in [0.2, 0.25) is 5.78 Å². The maximum atomic E-state index is 12.3. The van der Waals surface area contributed by atoms with Crippen molar-refractivity contribution in [1.82, 2.24) is 0 Å². The Balaban J connectivity index is 2.66. The minimum Gasteiger partial charge on any atom is -0.361 e. The van der Waals surface area contributed by atoms with Crippen LogP contribution in [0.2, 0.25) is 0 Å². The number of nitrogens with zero attached hydrogens (tertiary/aromatic N) is 2. The molecule has 0 spiro atoms. The van der Waals surface area contributed by atoms with Crippen molar-refractivity contribution in [2.24, 2.45) is 5.41 Å². The molecule has 98 valence electrons. The molecular formula is C14H20N2O2. The third-order valence-electron chi connectivity index (χ3n) is 3.70. The van der Waals surface area contributed by atoms with Crippen LogP contribution in [0.25, 0.3) is 5.53 Å². The van der Waals surface area contributed by atoms with Crippen molar-refractivity contribution < 1.29 is 14.4 Å². The Labute approximate surface area is 108 Å². The Morgan fingerprint density at radius 3 is 2.50 bits per heavy atom. The molecule has 0 unspecified atom stereocenters. The average molecular weight is 248 g/mol. The molecule has 0 aromatic heterocycles. The Morgan fingerprint density at radius 1 is 1.28 bits per heavy atom. The van der Waals surface area contributed by atoms with Crippen molar-refractivity contribution in [3.8, 4) is 0 Å². The first kappa shape index (κ1) is 14.5. The summed E-state index contributed by atoms with van der Waals surface area (Å²) >= 11 is 0. The summed E-state index contributed by atoms with van der Waals surface area (Å²) in [6, 6.07) is 0. The zero-order chi connectivity index (χ0) is 13.4. The van der Waals surface area contributed by atoms with Gasteiger partial charge in [0.15, 0.2) is 0 Å². The molecule has 4 nitrogen and oxygen atoms in total. The number of allylic oxidation sites excluding steroid dienone is 1. The van der Waals surface area contributed by atoms with Crippen molar-refractivity contribution in [2.75, 3.05) is 0 Å². The SMILES string of the molecule is C=CCCCCC(=O)C1(C(=O)C=[N+]=[N-])CCCC1. The molecule has 0 aromatic carbocycles. The van der Waals surface area contributed by atoms with E-state index in [4.69, 9.17) is 5.53 Å². The van der Waals surface area contributed by atoms with E-state index in [-0.39, 0.29) is 11.6 Å². The monoisotopic (exact) mass is 248 g/mol. The van der Waals surface area contributed by atoms with Gasteiger partial charge in [0.05, 0.1) is 5.41 Å². The number of unbranched alkanes of at least 4 members (excludes halogenated alkanes) is 2. The van der Waals surface area contributed by atoms with Crippen LogP contribution in [0, 0.1) is 5.41 Å². The highest BCUT2D eigenvalue weighted by atomic mass is 16.2. The van der Waals surface area contributed by atoms with Gasteiger partial charge in [-0.25, -0.2) is 0 Å². The minimum absolute atomic E-state index is 0.00830. The molecule has 1 aliphatic rings. The van der Waals surface area contributed by atoms with E-state index in [1.54, 1.807) is 0 Å². The zero-order valence-corrected chi connectivity index (χ0v) is 10.7. The fourth-order valence-corrected chi connectivity index (χ4v) is 2.63. The van der Waals surface area contributed by atoms with Gasteiger partial charge in [0, 0.05) is 6.42 Å². The molecule has 0 radical (unpaired) electrons. The lowest BCUT2D eigenvalue weighted by Crippen LogP contribution is -2.37. The molecule has 1 fully saturated rings. The van der Waals surface area contributed by atoms with Crippen LogP contribution < -0.4 is 0 Å². The van der Waals surface area contributed by atoms with Crippen molar-refractivity contribution in [3.05, 3.63) is 18.2 Å². The molecule has 4 heteroatoms. The highest BCUT2D eigenvalue weighted by molar-refractivity contribution is 6.33. The zero-order valence-electron chi connectivity index (χ0n) is 10.7. The molecule has 0 N–H and O–H groups in total. The van der Waals surface area contributed by atoms with Crippen LogP contribution in [0.1, 0.15) is 51.4 Å². The number of Topliss-reactive ketones (excluding diaryl/α,β-unsaturated/α-hetero) is 2. The second-order valence-corrected chi connectivity index (χ2v) is 4.86. The molecule has 18 heavy (non-hydrogen) atoms. The smallest absolute Gasteiger partial charge is 0.324 e. The Kier molecular flexibility index (Phi) is 5.66. The van der Waals surface area contributed by atoms with Crippen LogP contribution in [0.3, 0.4) is 0 Å². The lowest BCUT2D eigenvalue weighted by molar-refractivity contribution is -0.138. The van der Waals surface area contributed by atoms with Gasteiger partial charge in [-0.05, 0) is 32.1 Å². The van der Waals surface area contributed by atoms with E-state index in [9.17, 15) is 9.59 Å². The summed E-state index contributed by atoms with van der Waals surface area (Å²) in [5.74, 6) is -0.329. The number of ketones is 2. The summed E-state index contributed by atoms with van der Waals surface area (Å²) in [7, 11) is 0. The predicted octanol–water partition coefficient (Wildman–Crippen LogP) is 2.73. The summed E-state index contributed by atoms with van der Waals surface area (Å²) in [5.41, 5.74) is 7.56. The highest BCUT2D eigenvalue weighted by Crippen LogP contribution is 2.40. The standard InChI is InChI=1S/C14H20N2O2/c1-2-3-4-5-8-12(17)14(9-6-7-10-14)13(18)11-16-15/h2,11H,1,3-10H2. The Hall–Kier alpha value is -1.54. The van der Waals surface area contributed by atoms with Crippen LogP contribution in [0.15, 0.2) is 12.7 Å². The fraction of sp³-hybridized carbons (Fsp3) is 0.643. The van der Waals surface area contributed by atoms with Gasteiger partial charge in [-0.2, -0.15) is 4.79 Å². The Bertz CT molecular complexity index is 375. The van der Waals surface area contributed by atoms with E-state index >= 15 is 0 Å². The largest absolute Gasteiger partial charge is 0.361 e.